The van der Waals surface area contributed by atoms with Crippen LogP contribution in [0.15, 0.2) is 18.2 Å². The average Bonchev–Trinajstić information content (AvgIpc) is 2.72. The topological polar surface area (TPSA) is 29.5 Å². The maximum atomic E-state index is 12.3. The molecule has 1 aromatic carbocycles. The highest BCUT2D eigenvalue weighted by atomic mass is 35.5. The van der Waals surface area contributed by atoms with E-state index >= 15 is 0 Å². The van der Waals surface area contributed by atoms with Crippen molar-refractivity contribution in [2.45, 2.75) is 37.3 Å². The van der Waals surface area contributed by atoms with Crippen molar-refractivity contribution >= 4 is 41.6 Å². The highest BCUT2D eigenvalue weighted by Crippen LogP contribution is 2.47. The number of ether oxygens (including phenoxy) is 1. The zero-order valence-electron chi connectivity index (χ0n) is 12.6. The Bertz CT molecular complexity index is 566. The second kappa shape index (κ2) is 6.96. The van der Waals surface area contributed by atoms with E-state index in [4.69, 9.17) is 27.9 Å². The number of carbonyl (C=O) groups is 1. The predicted octanol–water partition coefficient (Wildman–Crippen LogP) is 4.15. The summed E-state index contributed by atoms with van der Waals surface area (Å²) in [7, 11) is 3.58. The van der Waals surface area contributed by atoms with Crippen molar-refractivity contribution in [2.75, 3.05) is 14.2 Å². The largest absolute Gasteiger partial charge is 0.469 e. The summed E-state index contributed by atoms with van der Waals surface area (Å²) in [5, 5.41) is 1.09. The van der Waals surface area contributed by atoms with E-state index in [0.29, 0.717) is 16.1 Å². The molecular weight excluding hydrogens is 345 g/mol. The molecule has 2 bridgehead atoms. The molecule has 3 nitrogen and oxygen atoms in total. The number of esters is 1. The monoisotopic (exact) mass is 363 g/mol. The van der Waals surface area contributed by atoms with Gasteiger partial charge in [-0.05, 0) is 44.0 Å². The fourth-order valence-corrected chi connectivity index (χ4v) is 4.32. The number of carbonyl (C=O) groups excluding carboxylic acids is 1. The van der Waals surface area contributed by atoms with Gasteiger partial charge in [-0.15, -0.1) is 12.4 Å². The highest BCUT2D eigenvalue weighted by Gasteiger charge is 2.49. The van der Waals surface area contributed by atoms with Gasteiger partial charge in [-0.2, -0.15) is 0 Å². The molecule has 0 radical (unpaired) electrons. The van der Waals surface area contributed by atoms with Crippen LogP contribution in [0, 0.1) is 5.92 Å². The molecule has 0 amide bonds. The summed E-state index contributed by atoms with van der Waals surface area (Å²) in [6.45, 7) is 0. The van der Waals surface area contributed by atoms with Crippen molar-refractivity contribution in [3.63, 3.8) is 0 Å². The third-order valence-electron chi connectivity index (χ3n) is 5.11. The van der Waals surface area contributed by atoms with Crippen molar-refractivity contribution in [3.8, 4) is 0 Å². The molecule has 4 unspecified atom stereocenters. The Hall–Kier alpha value is -0.480. The Balaban J connectivity index is 0.00000176. The quantitative estimate of drug-likeness (QED) is 0.738. The van der Waals surface area contributed by atoms with E-state index in [1.54, 1.807) is 0 Å². The first-order valence-electron chi connectivity index (χ1n) is 7.27. The summed E-state index contributed by atoms with van der Waals surface area (Å²) in [4.78, 5) is 14.7. The van der Waals surface area contributed by atoms with Gasteiger partial charge < -0.3 is 4.74 Å². The SMILES string of the molecule is COC(=O)C1C(c2ccc(Cl)c(Cl)c2)CC2CCC1N2C.Cl. The zero-order valence-corrected chi connectivity index (χ0v) is 14.9. The molecule has 122 valence electrons. The molecule has 2 saturated heterocycles. The maximum Gasteiger partial charge on any atom is 0.310 e. The first-order valence-corrected chi connectivity index (χ1v) is 8.03. The Labute approximate surface area is 147 Å². The lowest BCUT2D eigenvalue weighted by molar-refractivity contribution is -0.150. The first kappa shape index (κ1) is 17.9. The predicted molar refractivity (Wildman–Crippen MR) is 91.1 cm³/mol. The van der Waals surface area contributed by atoms with Crippen molar-refractivity contribution in [1.82, 2.24) is 4.90 Å². The number of piperidine rings is 1. The van der Waals surface area contributed by atoms with E-state index in [0.717, 1.165) is 24.8 Å². The minimum absolute atomic E-state index is 0. The first-order chi connectivity index (χ1) is 10.0. The van der Waals surface area contributed by atoms with Gasteiger partial charge in [-0.3, -0.25) is 9.69 Å². The number of methoxy groups -OCH3 is 1. The normalized spacial score (nSPS) is 30.7. The molecule has 22 heavy (non-hydrogen) atoms. The maximum absolute atomic E-state index is 12.3. The molecule has 2 fully saturated rings. The van der Waals surface area contributed by atoms with Crippen molar-refractivity contribution in [1.29, 1.82) is 0 Å². The van der Waals surface area contributed by atoms with E-state index in [9.17, 15) is 4.79 Å². The lowest BCUT2D eigenvalue weighted by atomic mass is 9.76. The van der Waals surface area contributed by atoms with Crippen LogP contribution in [0.25, 0.3) is 0 Å². The van der Waals surface area contributed by atoms with Crippen LogP contribution in [0.1, 0.15) is 30.7 Å². The fraction of sp³-hybridized carbons (Fsp3) is 0.562. The Morgan fingerprint density at radius 2 is 2.00 bits per heavy atom. The highest BCUT2D eigenvalue weighted by molar-refractivity contribution is 6.42. The number of hydrogen-bond acceptors (Lipinski definition) is 3. The second-order valence-electron chi connectivity index (χ2n) is 6.03. The van der Waals surface area contributed by atoms with E-state index in [1.807, 2.05) is 18.2 Å². The Morgan fingerprint density at radius 1 is 1.27 bits per heavy atom. The Kier molecular flexibility index (Phi) is 5.65. The van der Waals surface area contributed by atoms with Crippen LogP contribution in [0.4, 0.5) is 0 Å². The van der Waals surface area contributed by atoms with Crippen LogP contribution < -0.4 is 0 Å². The number of nitrogens with zero attached hydrogens (tertiary/aromatic N) is 1. The standard InChI is InChI=1S/C16H19Cl2NO2.ClH/c1-19-10-4-6-14(19)15(16(20)21-2)11(8-10)9-3-5-12(17)13(18)7-9;/h3,5,7,10-11,14-15H,4,6,8H2,1-2H3;1H. The van der Waals surface area contributed by atoms with Gasteiger partial charge in [0, 0.05) is 18.0 Å². The molecule has 0 spiro atoms. The summed E-state index contributed by atoms with van der Waals surface area (Å²) in [6.07, 6.45) is 3.16. The molecule has 1 aromatic rings. The van der Waals surface area contributed by atoms with Crippen LogP contribution in [0.5, 0.6) is 0 Å². The van der Waals surface area contributed by atoms with E-state index in [-0.39, 0.29) is 36.3 Å². The van der Waals surface area contributed by atoms with Gasteiger partial charge in [0.1, 0.15) is 0 Å². The van der Waals surface area contributed by atoms with Gasteiger partial charge in [0.25, 0.3) is 0 Å². The van der Waals surface area contributed by atoms with Gasteiger partial charge in [0.05, 0.1) is 23.1 Å². The third kappa shape index (κ3) is 2.96. The second-order valence-corrected chi connectivity index (χ2v) is 6.84. The van der Waals surface area contributed by atoms with Crippen molar-refractivity contribution < 1.29 is 9.53 Å². The third-order valence-corrected chi connectivity index (χ3v) is 5.85. The lowest BCUT2D eigenvalue weighted by Crippen LogP contribution is -2.49. The minimum atomic E-state index is -0.129. The van der Waals surface area contributed by atoms with E-state index in [1.165, 1.54) is 7.11 Å². The van der Waals surface area contributed by atoms with Crippen molar-refractivity contribution in [2.24, 2.45) is 5.92 Å². The summed E-state index contributed by atoms with van der Waals surface area (Å²) in [6, 6.07) is 6.49. The fourth-order valence-electron chi connectivity index (χ4n) is 4.01. The van der Waals surface area contributed by atoms with Crippen LogP contribution in [0.2, 0.25) is 10.0 Å². The molecule has 0 aromatic heterocycles. The zero-order chi connectivity index (χ0) is 15.1. The number of rotatable bonds is 2. The molecule has 3 rings (SSSR count). The van der Waals surface area contributed by atoms with Gasteiger partial charge in [-0.25, -0.2) is 0 Å². The summed E-state index contributed by atoms with van der Waals surface area (Å²) < 4.78 is 5.07. The van der Waals surface area contributed by atoms with Crippen LogP contribution in [-0.4, -0.2) is 37.1 Å². The summed E-state index contributed by atoms with van der Waals surface area (Å²) in [5.41, 5.74) is 1.09. The van der Waals surface area contributed by atoms with Crippen LogP contribution in [0.3, 0.4) is 0 Å². The van der Waals surface area contributed by atoms with Gasteiger partial charge in [-0.1, -0.05) is 29.3 Å². The number of benzene rings is 1. The van der Waals surface area contributed by atoms with Gasteiger partial charge in [0.15, 0.2) is 0 Å². The molecule has 6 heteroatoms. The molecule has 0 saturated carbocycles. The number of fused-ring (bicyclic) bond motifs is 2. The Morgan fingerprint density at radius 3 is 2.64 bits per heavy atom. The molecule has 2 aliphatic heterocycles. The number of hydrogen-bond donors (Lipinski definition) is 0. The van der Waals surface area contributed by atoms with Gasteiger partial charge >= 0.3 is 5.97 Å². The van der Waals surface area contributed by atoms with E-state index < -0.39 is 0 Å². The van der Waals surface area contributed by atoms with E-state index in [2.05, 4.69) is 11.9 Å². The summed E-state index contributed by atoms with van der Waals surface area (Å²) in [5.74, 6) is -0.0971. The molecule has 2 heterocycles. The lowest BCUT2D eigenvalue weighted by Gasteiger charge is -2.41. The molecule has 4 atom stereocenters. The molecule has 0 aliphatic carbocycles. The van der Waals surface area contributed by atoms with Crippen LogP contribution in [-0.2, 0) is 9.53 Å². The summed E-state index contributed by atoms with van der Waals surface area (Å²) >= 11 is 12.2. The average molecular weight is 365 g/mol. The smallest absolute Gasteiger partial charge is 0.310 e. The molecule has 0 N–H and O–H groups in total. The molecule has 2 aliphatic rings. The van der Waals surface area contributed by atoms with Crippen molar-refractivity contribution in [3.05, 3.63) is 33.8 Å². The number of halogens is 3. The minimum Gasteiger partial charge on any atom is -0.469 e. The molecular formula is C16H20Cl3NO2. The van der Waals surface area contributed by atoms with Crippen LogP contribution >= 0.6 is 35.6 Å². The van der Waals surface area contributed by atoms with Gasteiger partial charge in [0.2, 0.25) is 0 Å².